The summed E-state index contributed by atoms with van der Waals surface area (Å²) in [6, 6.07) is 16.9. The molecule has 0 aliphatic carbocycles. The molecule has 0 amide bonds. The average molecular weight is 277 g/mol. The van der Waals surface area contributed by atoms with Gasteiger partial charge in [0.05, 0.1) is 0 Å². The Balaban J connectivity index is 1.79. The molecule has 1 aliphatic rings. The first-order chi connectivity index (χ1) is 10.4. The fraction of sp³-hybridized carbons (Fsp3) is 0.278. The molecule has 0 unspecified atom stereocenters. The molecule has 0 atom stereocenters. The standard InChI is InChI=1S/C18H19N3/c1-3-7-16(8-4-1)21-14-11-15-9-10-17(19-18(15)21)20-12-5-2-6-13-20/h1,3-4,7-11,14H,2,5-6,12-13H2. The highest BCUT2D eigenvalue weighted by Gasteiger charge is 2.13. The molecule has 0 radical (unpaired) electrons. The molecule has 3 nitrogen and oxygen atoms in total. The molecule has 0 saturated carbocycles. The van der Waals surface area contributed by atoms with Crippen molar-refractivity contribution in [1.82, 2.24) is 9.55 Å². The van der Waals surface area contributed by atoms with Crippen LogP contribution in [0.5, 0.6) is 0 Å². The van der Waals surface area contributed by atoms with E-state index in [1.54, 1.807) is 0 Å². The summed E-state index contributed by atoms with van der Waals surface area (Å²) in [5.74, 6) is 1.11. The van der Waals surface area contributed by atoms with Gasteiger partial charge in [-0.3, -0.25) is 0 Å². The zero-order valence-corrected chi connectivity index (χ0v) is 12.1. The minimum Gasteiger partial charge on any atom is -0.357 e. The summed E-state index contributed by atoms with van der Waals surface area (Å²) in [5.41, 5.74) is 2.21. The smallest absolute Gasteiger partial charge is 0.146 e. The van der Waals surface area contributed by atoms with E-state index in [2.05, 4.69) is 58.1 Å². The quantitative estimate of drug-likeness (QED) is 0.705. The van der Waals surface area contributed by atoms with E-state index in [1.807, 2.05) is 6.07 Å². The van der Waals surface area contributed by atoms with Crippen LogP contribution in [0.15, 0.2) is 54.7 Å². The molecule has 21 heavy (non-hydrogen) atoms. The van der Waals surface area contributed by atoms with Crippen molar-refractivity contribution in [1.29, 1.82) is 0 Å². The molecule has 3 heteroatoms. The van der Waals surface area contributed by atoms with Crippen molar-refractivity contribution in [2.75, 3.05) is 18.0 Å². The molecule has 2 aromatic heterocycles. The fourth-order valence-corrected chi connectivity index (χ4v) is 3.09. The fourth-order valence-electron chi connectivity index (χ4n) is 3.09. The monoisotopic (exact) mass is 277 g/mol. The summed E-state index contributed by atoms with van der Waals surface area (Å²) < 4.78 is 2.17. The Kier molecular flexibility index (Phi) is 3.11. The van der Waals surface area contributed by atoms with Gasteiger partial charge in [-0.05, 0) is 49.6 Å². The second kappa shape index (κ2) is 5.24. The van der Waals surface area contributed by atoms with Gasteiger partial charge in [0.1, 0.15) is 11.5 Å². The largest absolute Gasteiger partial charge is 0.357 e. The van der Waals surface area contributed by atoms with Gasteiger partial charge in [0.25, 0.3) is 0 Å². The first-order valence-electron chi connectivity index (χ1n) is 7.70. The summed E-state index contributed by atoms with van der Waals surface area (Å²) in [7, 11) is 0. The third-order valence-electron chi connectivity index (χ3n) is 4.24. The van der Waals surface area contributed by atoms with Crippen LogP contribution < -0.4 is 4.90 Å². The van der Waals surface area contributed by atoms with Gasteiger partial charge in [0.15, 0.2) is 0 Å². The molecule has 0 spiro atoms. The normalized spacial score (nSPS) is 15.5. The van der Waals surface area contributed by atoms with Gasteiger partial charge in [-0.2, -0.15) is 0 Å². The molecule has 0 N–H and O–H groups in total. The number of rotatable bonds is 2. The molecule has 106 valence electrons. The van der Waals surface area contributed by atoms with Crippen LogP contribution in [-0.2, 0) is 0 Å². The number of anilines is 1. The van der Waals surface area contributed by atoms with E-state index < -0.39 is 0 Å². The number of hydrogen-bond donors (Lipinski definition) is 0. The van der Waals surface area contributed by atoms with Crippen molar-refractivity contribution in [3.63, 3.8) is 0 Å². The van der Waals surface area contributed by atoms with E-state index in [4.69, 9.17) is 4.98 Å². The maximum absolute atomic E-state index is 4.92. The van der Waals surface area contributed by atoms with Gasteiger partial charge in [-0.1, -0.05) is 18.2 Å². The van der Waals surface area contributed by atoms with Gasteiger partial charge < -0.3 is 9.47 Å². The number of pyridine rings is 1. The molecule has 4 rings (SSSR count). The highest BCUT2D eigenvalue weighted by Crippen LogP contribution is 2.24. The predicted molar refractivity (Wildman–Crippen MR) is 87.1 cm³/mol. The molecule has 1 aromatic carbocycles. The molecule has 3 aromatic rings. The van der Waals surface area contributed by atoms with Crippen LogP contribution in [0.1, 0.15) is 19.3 Å². The van der Waals surface area contributed by atoms with E-state index in [-0.39, 0.29) is 0 Å². The number of piperidine rings is 1. The van der Waals surface area contributed by atoms with Gasteiger partial charge in [-0.15, -0.1) is 0 Å². The molecule has 1 saturated heterocycles. The Morgan fingerprint density at radius 1 is 0.810 bits per heavy atom. The molecule has 0 bridgehead atoms. The Morgan fingerprint density at radius 2 is 1.62 bits per heavy atom. The maximum atomic E-state index is 4.92. The van der Waals surface area contributed by atoms with E-state index in [1.165, 1.54) is 24.6 Å². The topological polar surface area (TPSA) is 21.1 Å². The highest BCUT2D eigenvalue weighted by atomic mass is 15.2. The highest BCUT2D eigenvalue weighted by molar-refractivity contribution is 5.80. The second-order valence-electron chi connectivity index (χ2n) is 5.65. The summed E-state index contributed by atoms with van der Waals surface area (Å²) in [6.07, 6.45) is 6.00. The van der Waals surface area contributed by atoms with Crippen LogP contribution in [0.2, 0.25) is 0 Å². The van der Waals surface area contributed by atoms with E-state index in [0.29, 0.717) is 0 Å². The van der Waals surface area contributed by atoms with E-state index in [0.717, 1.165) is 30.2 Å². The van der Waals surface area contributed by atoms with Crippen molar-refractivity contribution in [2.45, 2.75) is 19.3 Å². The summed E-state index contributed by atoms with van der Waals surface area (Å²) in [6.45, 7) is 2.26. The Labute approximate surface area is 124 Å². The molecular formula is C18H19N3. The number of hydrogen-bond acceptors (Lipinski definition) is 2. The lowest BCUT2D eigenvalue weighted by Crippen LogP contribution is -2.30. The third-order valence-corrected chi connectivity index (χ3v) is 4.24. The van der Waals surface area contributed by atoms with Crippen LogP contribution in [0, 0.1) is 0 Å². The predicted octanol–water partition coefficient (Wildman–Crippen LogP) is 4.02. The molecule has 1 fully saturated rings. The van der Waals surface area contributed by atoms with Crippen molar-refractivity contribution < 1.29 is 0 Å². The van der Waals surface area contributed by atoms with Gasteiger partial charge >= 0.3 is 0 Å². The van der Waals surface area contributed by atoms with Crippen LogP contribution >= 0.6 is 0 Å². The number of aromatic nitrogens is 2. The number of benzene rings is 1. The van der Waals surface area contributed by atoms with Crippen LogP contribution in [-0.4, -0.2) is 22.6 Å². The SMILES string of the molecule is c1ccc(-n2ccc3ccc(N4CCCCC4)nc32)cc1. The Hall–Kier alpha value is -2.29. The van der Waals surface area contributed by atoms with Crippen LogP contribution in [0.25, 0.3) is 16.7 Å². The lowest BCUT2D eigenvalue weighted by Gasteiger charge is -2.27. The summed E-state index contributed by atoms with van der Waals surface area (Å²) in [4.78, 5) is 7.33. The van der Waals surface area contributed by atoms with Crippen molar-refractivity contribution in [2.24, 2.45) is 0 Å². The van der Waals surface area contributed by atoms with Gasteiger partial charge in [0, 0.05) is 30.4 Å². The van der Waals surface area contributed by atoms with E-state index >= 15 is 0 Å². The van der Waals surface area contributed by atoms with Gasteiger partial charge in [0.2, 0.25) is 0 Å². The van der Waals surface area contributed by atoms with Crippen molar-refractivity contribution in [3.05, 3.63) is 54.7 Å². The van der Waals surface area contributed by atoms with Crippen molar-refractivity contribution in [3.8, 4) is 5.69 Å². The van der Waals surface area contributed by atoms with Crippen molar-refractivity contribution >= 4 is 16.9 Å². The summed E-state index contributed by atoms with van der Waals surface area (Å²) in [5, 5.41) is 1.19. The minimum absolute atomic E-state index is 1.05. The summed E-state index contributed by atoms with van der Waals surface area (Å²) >= 11 is 0. The first-order valence-corrected chi connectivity index (χ1v) is 7.70. The lowest BCUT2D eigenvalue weighted by atomic mass is 10.1. The second-order valence-corrected chi connectivity index (χ2v) is 5.65. The number of nitrogens with zero attached hydrogens (tertiary/aromatic N) is 3. The zero-order chi connectivity index (χ0) is 14.1. The van der Waals surface area contributed by atoms with Crippen LogP contribution in [0.4, 0.5) is 5.82 Å². The molecule has 3 heterocycles. The molecule has 1 aliphatic heterocycles. The maximum Gasteiger partial charge on any atom is 0.146 e. The first kappa shape index (κ1) is 12.5. The average Bonchev–Trinajstić information content (AvgIpc) is 2.99. The Bertz CT molecular complexity index is 740. The van der Waals surface area contributed by atoms with Crippen LogP contribution in [0.3, 0.4) is 0 Å². The molecular weight excluding hydrogens is 258 g/mol. The lowest BCUT2D eigenvalue weighted by molar-refractivity contribution is 0.574. The zero-order valence-electron chi connectivity index (χ0n) is 12.1. The van der Waals surface area contributed by atoms with Gasteiger partial charge in [-0.25, -0.2) is 4.98 Å². The Morgan fingerprint density at radius 3 is 2.43 bits per heavy atom. The minimum atomic E-state index is 1.05. The number of fused-ring (bicyclic) bond motifs is 1. The van der Waals surface area contributed by atoms with E-state index in [9.17, 15) is 0 Å². The third kappa shape index (κ3) is 2.29. The number of para-hydroxylation sites is 1.